The number of ether oxygens (including phenoxy) is 1. The maximum Gasteiger partial charge on any atom is 0.356 e. The lowest BCUT2D eigenvalue weighted by atomic mass is 10.0. The Hall–Kier alpha value is -5.52. The Morgan fingerprint density at radius 3 is 2.36 bits per heavy atom. The number of thioether (sulfide) groups is 2. The van der Waals surface area contributed by atoms with Crippen molar-refractivity contribution in [1.82, 2.24) is 30.0 Å². The molecule has 53 heavy (non-hydrogen) atoms. The molecule has 1 saturated heterocycles. The molecule has 2 aliphatic rings. The van der Waals surface area contributed by atoms with Crippen LogP contribution >= 0.6 is 34.9 Å². The van der Waals surface area contributed by atoms with Crippen molar-refractivity contribution in [3.05, 3.63) is 124 Å². The Kier molecular flexibility index (Phi) is 10.6. The third-order valence-corrected chi connectivity index (χ3v) is 11.6. The van der Waals surface area contributed by atoms with Crippen molar-refractivity contribution in [1.29, 1.82) is 0 Å². The molecule has 3 aromatic carbocycles. The summed E-state index contributed by atoms with van der Waals surface area (Å²) in [6.07, 6.45) is -0.762. The maximum atomic E-state index is 14.4. The van der Waals surface area contributed by atoms with E-state index in [2.05, 4.69) is 25.7 Å². The number of nitrogens with two attached hydrogens (primary N) is 1. The first-order valence-electron chi connectivity index (χ1n) is 16.1. The van der Waals surface area contributed by atoms with Gasteiger partial charge in [0.2, 0.25) is 0 Å². The second-order valence-corrected chi connectivity index (χ2v) is 14.7. The Morgan fingerprint density at radius 1 is 1.06 bits per heavy atom. The average Bonchev–Trinajstić information content (AvgIpc) is 3.78. The van der Waals surface area contributed by atoms with E-state index in [0.717, 1.165) is 22.5 Å². The molecule has 2 atom stereocenters. The number of thiazole rings is 1. The molecule has 5 aromatic rings. The molecule has 0 saturated carbocycles. The van der Waals surface area contributed by atoms with Crippen LogP contribution in [0.15, 0.2) is 112 Å². The minimum atomic E-state index is -0.974. The summed E-state index contributed by atoms with van der Waals surface area (Å²) in [5.41, 5.74) is 8.78. The number of nitrogens with zero attached hydrogens (tertiary/aromatic N) is 6. The summed E-state index contributed by atoms with van der Waals surface area (Å²) in [5.74, 6) is -1.05. The number of amides is 2. The van der Waals surface area contributed by atoms with E-state index in [1.165, 1.54) is 47.7 Å². The third kappa shape index (κ3) is 7.40. The molecule has 2 amide bonds. The molecule has 0 spiro atoms. The van der Waals surface area contributed by atoms with Gasteiger partial charge in [-0.2, -0.15) is 0 Å². The van der Waals surface area contributed by atoms with Gasteiger partial charge in [-0.25, -0.2) is 14.2 Å². The van der Waals surface area contributed by atoms with Gasteiger partial charge in [0.05, 0.1) is 0 Å². The number of esters is 1. The first-order valence-corrected chi connectivity index (χ1v) is 19.0. The summed E-state index contributed by atoms with van der Waals surface area (Å²) in [6, 6.07) is 23.7. The number of hydrogen-bond acceptors (Lipinski definition) is 13. The van der Waals surface area contributed by atoms with Crippen LogP contribution in [-0.2, 0) is 31.0 Å². The predicted molar refractivity (Wildman–Crippen MR) is 200 cm³/mol. The van der Waals surface area contributed by atoms with Crippen LogP contribution in [-0.4, -0.2) is 78.2 Å². The molecule has 13 nitrogen and oxygen atoms in total. The Bertz CT molecular complexity index is 2170. The van der Waals surface area contributed by atoms with Crippen molar-refractivity contribution in [2.75, 3.05) is 24.3 Å². The number of nitrogens with one attached hydrogen (secondary N) is 1. The summed E-state index contributed by atoms with van der Waals surface area (Å²) in [5, 5.41) is 17.0. The van der Waals surface area contributed by atoms with Gasteiger partial charge < -0.3 is 25.2 Å². The molecule has 4 heterocycles. The van der Waals surface area contributed by atoms with Gasteiger partial charge in [0.1, 0.15) is 35.7 Å². The lowest BCUT2D eigenvalue weighted by molar-refractivity contribution is -0.154. The quantitative estimate of drug-likeness (QED) is 0.0589. The van der Waals surface area contributed by atoms with Crippen molar-refractivity contribution < 1.29 is 28.3 Å². The van der Waals surface area contributed by atoms with E-state index in [1.807, 2.05) is 60.7 Å². The van der Waals surface area contributed by atoms with E-state index >= 15 is 0 Å². The van der Waals surface area contributed by atoms with Crippen LogP contribution in [0.5, 0.6) is 0 Å². The van der Waals surface area contributed by atoms with Gasteiger partial charge in [0.25, 0.3) is 11.8 Å². The van der Waals surface area contributed by atoms with Gasteiger partial charge >= 0.3 is 5.97 Å². The number of aromatic nitrogens is 4. The second-order valence-electron chi connectivity index (χ2n) is 11.8. The third-order valence-electron chi connectivity index (χ3n) is 8.43. The SMILES string of the molecule is CO/N=C(/C(=O)N[C@@H]1C(=O)N2C(C(=O)OC(c3ccccc3)c3ccccc3)=C(CSc3nnc(-c4ccc(F)cc4)n3C)CSC12)c1csc(N)n1. The molecule has 0 aliphatic carbocycles. The lowest BCUT2D eigenvalue weighted by Gasteiger charge is -2.49. The van der Waals surface area contributed by atoms with E-state index in [-0.39, 0.29) is 33.8 Å². The van der Waals surface area contributed by atoms with Crippen molar-refractivity contribution in [3.8, 4) is 11.4 Å². The van der Waals surface area contributed by atoms with E-state index in [9.17, 15) is 18.8 Å². The van der Waals surface area contributed by atoms with E-state index in [1.54, 1.807) is 29.1 Å². The minimum absolute atomic E-state index is 0.104. The maximum absolute atomic E-state index is 14.4. The first-order chi connectivity index (χ1) is 25.7. The van der Waals surface area contributed by atoms with E-state index in [0.29, 0.717) is 27.9 Å². The molecule has 3 N–H and O–H groups in total. The highest BCUT2D eigenvalue weighted by molar-refractivity contribution is 8.01. The molecule has 7 rings (SSSR count). The molecule has 1 unspecified atom stereocenters. The van der Waals surface area contributed by atoms with Crippen molar-refractivity contribution in [2.24, 2.45) is 12.2 Å². The number of β-lactam (4-membered cyclic amide) rings is 1. The molecular formula is C36H31FN8O5S3. The number of halogens is 1. The first kappa shape index (κ1) is 35.9. The van der Waals surface area contributed by atoms with E-state index in [4.69, 9.17) is 15.3 Å². The average molecular weight is 771 g/mol. The Morgan fingerprint density at radius 2 is 1.74 bits per heavy atom. The largest absolute Gasteiger partial charge is 0.448 e. The summed E-state index contributed by atoms with van der Waals surface area (Å²) < 4.78 is 21.6. The van der Waals surface area contributed by atoms with Gasteiger partial charge in [-0.1, -0.05) is 77.6 Å². The molecule has 0 bridgehead atoms. The van der Waals surface area contributed by atoms with Gasteiger partial charge in [0, 0.05) is 29.5 Å². The molecule has 2 aliphatic heterocycles. The summed E-state index contributed by atoms with van der Waals surface area (Å²) >= 11 is 3.87. The van der Waals surface area contributed by atoms with Crippen LogP contribution in [0.1, 0.15) is 22.9 Å². The number of carbonyl (C=O) groups excluding carboxylic acids is 3. The lowest BCUT2D eigenvalue weighted by Crippen LogP contribution is -2.71. The van der Waals surface area contributed by atoms with Crippen LogP contribution in [0.25, 0.3) is 11.4 Å². The second kappa shape index (κ2) is 15.6. The fourth-order valence-corrected chi connectivity index (χ4v) is 8.82. The number of oxime groups is 1. The number of carbonyl (C=O) groups is 3. The normalized spacial score (nSPS) is 17.0. The summed E-state index contributed by atoms with van der Waals surface area (Å²) in [6.45, 7) is 0. The zero-order chi connectivity index (χ0) is 37.1. The van der Waals surface area contributed by atoms with Crippen LogP contribution in [0.2, 0.25) is 0 Å². The van der Waals surface area contributed by atoms with Crippen molar-refractivity contribution in [3.63, 3.8) is 0 Å². The summed E-state index contributed by atoms with van der Waals surface area (Å²) in [4.78, 5) is 52.1. The Balaban J connectivity index is 1.18. The monoisotopic (exact) mass is 770 g/mol. The highest BCUT2D eigenvalue weighted by atomic mass is 32.2. The standard InChI is InChI=1S/C36H31FN8O5S3/c1-44-30(22-13-15-24(37)16-14-22)41-42-36(44)53-18-23-17-51-33-27(40-31(46)26(43-49-2)25-19-52-35(38)39-25)32(47)45(33)28(23)34(48)50-29(20-9-5-3-6-10-20)21-11-7-4-8-12-21/h3-16,19,27,29,33H,17-18H2,1-2H3,(H2,38,39)(H,40,46)/b43-26+/t27-,33?/m1/s1. The van der Waals surface area contributed by atoms with Crippen LogP contribution in [0.3, 0.4) is 0 Å². The highest BCUT2D eigenvalue weighted by Crippen LogP contribution is 2.43. The van der Waals surface area contributed by atoms with E-state index < -0.39 is 35.3 Å². The topological polar surface area (TPSA) is 167 Å². The molecule has 2 aromatic heterocycles. The van der Waals surface area contributed by atoms with Gasteiger partial charge in [-0.15, -0.1) is 33.3 Å². The fourth-order valence-electron chi connectivity index (χ4n) is 5.87. The molecule has 270 valence electrons. The highest BCUT2D eigenvalue weighted by Gasteiger charge is 2.55. The molecular weight excluding hydrogens is 740 g/mol. The van der Waals surface area contributed by atoms with Crippen molar-refractivity contribution in [2.45, 2.75) is 22.7 Å². The number of fused-ring (bicyclic) bond motifs is 1. The van der Waals surface area contributed by atoms with Crippen molar-refractivity contribution >= 4 is 63.5 Å². The zero-order valence-corrected chi connectivity index (χ0v) is 30.7. The van der Waals surface area contributed by atoms with Crippen LogP contribution in [0.4, 0.5) is 9.52 Å². The molecule has 17 heteroatoms. The number of anilines is 1. The number of hydrogen-bond donors (Lipinski definition) is 2. The van der Waals surface area contributed by atoms with Gasteiger partial charge in [-0.3, -0.25) is 14.5 Å². The smallest absolute Gasteiger partial charge is 0.356 e. The zero-order valence-electron chi connectivity index (χ0n) is 28.2. The molecule has 0 radical (unpaired) electrons. The van der Waals surface area contributed by atoms with Gasteiger partial charge in [0.15, 0.2) is 27.9 Å². The van der Waals surface area contributed by atoms with Crippen LogP contribution < -0.4 is 11.1 Å². The predicted octanol–water partition coefficient (Wildman–Crippen LogP) is 4.79. The molecule has 1 fully saturated rings. The number of benzene rings is 3. The summed E-state index contributed by atoms with van der Waals surface area (Å²) in [7, 11) is 3.09. The minimum Gasteiger partial charge on any atom is -0.448 e. The number of rotatable bonds is 12. The van der Waals surface area contributed by atoms with Crippen LogP contribution in [0, 0.1) is 5.82 Å². The van der Waals surface area contributed by atoms with Gasteiger partial charge in [-0.05, 0) is 41.0 Å². The fraction of sp³-hybridized carbons (Fsp3) is 0.194. The Labute approximate surface area is 315 Å². The number of nitrogen functional groups attached to an aromatic ring is 1.